The second kappa shape index (κ2) is 7.55. The maximum atomic E-state index is 12.3. The van der Waals surface area contributed by atoms with Crippen LogP contribution in [0.15, 0.2) is 27.8 Å². The molecule has 0 atom stereocenters. The lowest BCUT2D eigenvalue weighted by molar-refractivity contribution is -0.129. The zero-order chi connectivity index (χ0) is 18.7. The van der Waals surface area contributed by atoms with Crippen molar-refractivity contribution in [2.45, 2.75) is 32.7 Å². The summed E-state index contributed by atoms with van der Waals surface area (Å²) in [5.41, 5.74) is 0.0314. The molecule has 1 aromatic heterocycles. The molecular weight excluding hydrogens is 336 g/mol. The number of aryl methyl sites for hydroxylation is 1. The van der Waals surface area contributed by atoms with E-state index >= 15 is 0 Å². The molecule has 1 aromatic carbocycles. The molecule has 138 valence electrons. The lowest BCUT2D eigenvalue weighted by atomic mass is 10.1. The van der Waals surface area contributed by atoms with E-state index in [2.05, 4.69) is 10.3 Å². The summed E-state index contributed by atoms with van der Waals surface area (Å²) in [6.45, 7) is 3.99. The Morgan fingerprint density at radius 1 is 1.19 bits per heavy atom. The van der Waals surface area contributed by atoms with Gasteiger partial charge in [-0.3, -0.25) is 19.2 Å². The summed E-state index contributed by atoms with van der Waals surface area (Å²) in [7, 11) is 0. The fourth-order valence-corrected chi connectivity index (χ4v) is 3.24. The van der Waals surface area contributed by atoms with E-state index in [0.717, 1.165) is 25.9 Å². The topological polar surface area (TPSA) is 104 Å². The van der Waals surface area contributed by atoms with Gasteiger partial charge in [0.05, 0.1) is 11.0 Å². The molecule has 1 saturated heterocycles. The van der Waals surface area contributed by atoms with E-state index in [4.69, 9.17) is 0 Å². The Morgan fingerprint density at radius 3 is 2.62 bits per heavy atom. The second-order valence-electron chi connectivity index (χ2n) is 6.33. The summed E-state index contributed by atoms with van der Waals surface area (Å²) in [6, 6.07) is 4.78. The van der Waals surface area contributed by atoms with Gasteiger partial charge in [0, 0.05) is 38.2 Å². The number of benzene rings is 1. The Balaban J connectivity index is 1.70. The molecular formula is C18H22N4O4. The summed E-state index contributed by atoms with van der Waals surface area (Å²) in [6.07, 6.45) is 2.35. The van der Waals surface area contributed by atoms with E-state index in [0.29, 0.717) is 23.1 Å². The third-order valence-electron chi connectivity index (χ3n) is 4.64. The van der Waals surface area contributed by atoms with Crippen LogP contribution in [0.2, 0.25) is 0 Å². The Morgan fingerprint density at radius 2 is 1.92 bits per heavy atom. The van der Waals surface area contributed by atoms with Gasteiger partial charge in [-0.1, -0.05) is 0 Å². The van der Waals surface area contributed by atoms with Crippen molar-refractivity contribution in [1.82, 2.24) is 19.8 Å². The highest BCUT2D eigenvalue weighted by atomic mass is 16.2. The normalized spacial score (nSPS) is 14.0. The van der Waals surface area contributed by atoms with Gasteiger partial charge in [-0.2, -0.15) is 0 Å². The second-order valence-corrected chi connectivity index (χ2v) is 6.33. The minimum absolute atomic E-state index is 0.0533. The molecule has 2 amide bonds. The van der Waals surface area contributed by atoms with Crippen LogP contribution in [0.5, 0.6) is 0 Å². The molecule has 2 N–H and O–H groups in total. The van der Waals surface area contributed by atoms with E-state index in [1.165, 1.54) is 4.57 Å². The average molecular weight is 358 g/mol. The quantitative estimate of drug-likeness (QED) is 0.757. The van der Waals surface area contributed by atoms with Crippen LogP contribution in [0.1, 0.15) is 36.5 Å². The third-order valence-corrected chi connectivity index (χ3v) is 4.64. The van der Waals surface area contributed by atoms with Gasteiger partial charge in [-0.15, -0.1) is 0 Å². The number of likely N-dealkylation sites (tertiary alicyclic amines) is 1. The molecule has 2 aromatic rings. The summed E-state index contributed by atoms with van der Waals surface area (Å²) in [4.78, 5) is 52.2. The van der Waals surface area contributed by atoms with Crippen LogP contribution < -0.4 is 16.4 Å². The van der Waals surface area contributed by atoms with Gasteiger partial charge in [0.1, 0.15) is 0 Å². The van der Waals surface area contributed by atoms with Gasteiger partial charge < -0.3 is 19.8 Å². The minimum Gasteiger partial charge on any atom is -0.352 e. The van der Waals surface area contributed by atoms with Crippen molar-refractivity contribution in [3.63, 3.8) is 0 Å². The number of carbonyl (C=O) groups is 2. The fraction of sp³-hybridized carbons (Fsp3) is 0.444. The highest BCUT2D eigenvalue weighted by Gasteiger charge is 2.17. The number of rotatable bonds is 5. The molecule has 3 rings (SSSR count). The standard InChI is InChI=1S/C18H22N4O4/c1-2-22-14-6-5-12(11-13(14)20-17(25)18(22)26)16(24)19-8-7-15(23)21-9-3-4-10-21/h5-6,11H,2-4,7-10H2,1H3,(H,19,24)(H,20,25). The van der Waals surface area contributed by atoms with Crippen molar-refractivity contribution < 1.29 is 9.59 Å². The van der Waals surface area contributed by atoms with Crippen molar-refractivity contribution in [3.8, 4) is 0 Å². The summed E-state index contributed by atoms with van der Waals surface area (Å²) in [5, 5.41) is 2.73. The summed E-state index contributed by atoms with van der Waals surface area (Å²) in [5.74, 6) is -0.270. The first-order chi connectivity index (χ1) is 12.5. The van der Waals surface area contributed by atoms with Crippen LogP contribution in [0.3, 0.4) is 0 Å². The van der Waals surface area contributed by atoms with Gasteiger partial charge in [0.2, 0.25) is 5.91 Å². The first kappa shape index (κ1) is 17.9. The largest absolute Gasteiger partial charge is 0.352 e. The lowest BCUT2D eigenvalue weighted by Gasteiger charge is -2.15. The van der Waals surface area contributed by atoms with Crippen LogP contribution >= 0.6 is 0 Å². The minimum atomic E-state index is -0.715. The fourth-order valence-electron chi connectivity index (χ4n) is 3.24. The zero-order valence-electron chi connectivity index (χ0n) is 14.7. The Hall–Kier alpha value is -2.90. The number of aromatic nitrogens is 2. The van der Waals surface area contributed by atoms with Crippen LogP contribution in [-0.4, -0.2) is 45.9 Å². The van der Waals surface area contributed by atoms with Crippen LogP contribution in [-0.2, 0) is 11.3 Å². The SMILES string of the molecule is CCn1c(=O)c(=O)[nH]c2cc(C(=O)NCCC(=O)N3CCCC3)ccc21. The van der Waals surface area contributed by atoms with E-state index in [9.17, 15) is 19.2 Å². The maximum absolute atomic E-state index is 12.3. The third kappa shape index (κ3) is 3.54. The average Bonchev–Trinajstić information content (AvgIpc) is 3.17. The Bertz CT molecular complexity index is 954. The van der Waals surface area contributed by atoms with Crippen LogP contribution in [0, 0.1) is 0 Å². The number of fused-ring (bicyclic) bond motifs is 1. The van der Waals surface area contributed by atoms with E-state index in [1.54, 1.807) is 25.1 Å². The van der Waals surface area contributed by atoms with Gasteiger partial charge in [-0.05, 0) is 38.0 Å². The van der Waals surface area contributed by atoms with Crippen molar-refractivity contribution in [2.75, 3.05) is 19.6 Å². The molecule has 0 aliphatic carbocycles. The predicted octanol–water partition coefficient (Wildman–Crippen LogP) is 0.452. The Kier molecular flexibility index (Phi) is 5.20. The molecule has 1 fully saturated rings. The van der Waals surface area contributed by atoms with Crippen molar-refractivity contribution in [3.05, 3.63) is 44.5 Å². The molecule has 8 heteroatoms. The van der Waals surface area contributed by atoms with Crippen molar-refractivity contribution in [1.29, 1.82) is 0 Å². The number of carbonyl (C=O) groups excluding carboxylic acids is 2. The highest BCUT2D eigenvalue weighted by Crippen LogP contribution is 2.12. The summed E-state index contributed by atoms with van der Waals surface area (Å²) >= 11 is 0. The molecule has 0 unspecified atom stereocenters. The number of nitrogens with one attached hydrogen (secondary N) is 2. The van der Waals surface area contributed by atoms with Gasteiger partial charge in [-0.25, -0.2) is 0 Å². The van der Waals surface area contributed by atoms with Crippen molar-refractivity contribution >= 4 is 22.8 Å². The molecule has 0 radical (unpaired) electrons. The lowest BCUT2D eigenvalue weighted by Crippen LogP contribution is -2.36. The van der Waals surface area contributed by atoms with Crippen molar-refractivity contribution in [2.24, 2.45) is 0 Å². The summed E-state index contributed by atoms with van der Waals surface area (Å²) < 4.78 is 1.37. The molecule has 1 aliphatic heterocycles. The smallest absolute Gasteiger partial charge is 0.316 e. The number of amides is 2. The van der Waals surface area contributed by atoms with E-state index in [-0.39, 0.29) is 24.8 Å². The number of H-pyrrole nitrogens is 1. The van der Waals surface area contributed by atoms with E-state index < -0.39 is 11.1 Å². The molecule has 8 nitrogen and oxygen atoms in total. The van der Waals surface area contributed by atoms with Gasteiger partial charge in [0.25, 0.3) is 5.91 Å². The molecule has 0 bridgehead atoms. The number of aromatic amines is 1. The number of hydrogen-bond donors (Lipinski definition) is 2. The first-order valence-corrected chi connectivity index (χ1v) is 8.84. The molecule has 2 heterocycles. The van der Waals surface area contributed by atoms with Crippen LogP contribution in [0.4, 0.5) is 0 Å². The zero-order valence-corrected chi connectivity index (χ0v) is 14.7. The van der Waals surface area contributed by atoms with Gasteiger partial charge >= 0.3 is 11.1 Å². The maximum Gasteiger partial charge on any atom is 0.316 e. The molecule has 26 heavy (non-hydrogen) atoms. The molecule has 0 spiro atoms. The molecule has 1 aliphatic rings. The molecule has 0 saturated carbocycles. The highest BCUT2D eigenvalue weighted by molar-refractivity contribution is 5.97. The Labute approximate surface area is 149 Å². The van der Waals surface area contributed by atoms with E-state index in [1.807, 2.05) is 4.90 Å². The monoisotopic (exact) mass is 358 g/mol. The first-order valence-electron chi connectivity index (χ1n) is 8.84. The van der Waals surface area contributed by atoms with Gasteiger partial charge in [0.15, 0.2) is 0 Å². The van der Waals surface area contributed by atoms with Crippen LogP contribution in [0.25, 0.3) is 11.0 Å². The number of nitrogens with zero attached hydrogens (tertiary/aromatic N) is 2. The predicted molar refractivity (Wildman–Crippen MR) is 97.3 cm³/mol. The number of hydrogen-bond acceptors (Lipinski definition) is 4.